The zero-order valence-corrected chi connectivity index (χ0v) is 11.9. The van der Waals surface area contributed by atoms with Crippen LogP contribution >= 0.6 is 0 Å². The molecule has 0 radical (unpaired) electrons. The van der Waals surface area contributed by atoms with Crippen LogP contribution in [0.3, 0.4) is 0 Å². The quantitative estimate of drug-likeness (QED) is 0.919. The van der Waals surface area contributed by atoms with Gasteiger partial charge in [0.05, 0.1) is 5.69 Å². The fourth-order valence-corrected chi connectivity index (χ4v) is 2.70. The highest BCUT2D eigenvalue weighted by Crippen LogP contribution is 2.37. The lowest BCUT2D eigenvalue weighted by molar-refractivity contribution is 0.420. The molecule has 1 fully saturated rings. The summed E-state index contributed by atoms with van der Waals surface area (Å²) in [6.07, 6.45) is 5.69. The monoisotopic (exact) mass is 268 g/mol. The Bertz CT molecular complexity index is 656. The minimum absolute atomic E-state index is 0.0625. The Morgan fingerprint density at radius 1 is 1.30 bits per heavy atom. The largest absolute Gasteiger partial charge is 0.311 e. The fourth-order valence-electron chi connectivity index (χ4n) is 2.70. The van der Waals surface area contributed by atoms with Crippen LogP contribution < -0.4 is 5.56 Å². The smallest absolute Gasteiger partial charge is 0.251 e. The van der Waals surface area contributed by atoms with Gasteiger partial charge in [-0.3, -0.25) is 4.79 Å². The van der Waals surface area contributed by atoms with Crippen LogP contribution in [0.5, 0.6) is 0 Å². The number of nitrogens with one attached hydrogen (secondary N) is 1. The van der Waals surface area contributed by atoms with Crippen molar-refractivity contribution >= 4 is 0 Å². The zero-order chi connectivity index (χ0) is 13.9. The molecule has 20 heavy (non-hydrogen) atoms. The van der Waals surface area contributed by atoms with E-state index in [1.807, 2.05) is 6.07 Å². The third-order valence-corrected chi connectivity index (χ3v) is 4.04. The van der Waals surface area contributed by atoms with Gasteiger partial charge in [0.1, 0.15) is 5.82 Å². The van der Waals surface area contributed by atoms with E-state index >= 15 is 0 Å². The first-order valence-electron chi connectivity index (χ1n) is 7.47. The highest BCUT2D eigenvalue weighted by Gasteiger charge is 2.19. The van der Waals surface area contributed by atoms with Gasteiger partial charge in [0.25, 0.3) is 5.56 Å². The van der Waals surface area contributed by atoms with Crippen molar-refractivity contribution in [2.24, 2.45) is 0 Å². The van der Waals surface area contributed by atoms with Crippen LogP contribution in [-0.2, 0) is 6.42 Å². The predicted octanol–water partition coefficient (Wildman–Crippen LogP) is 3.66. The molecular formula is C17H20N2O. The molecule has 0 amide bonds. The SMILES string of the molecule is CCCc1nc(-c2cccc(C3CCC3)c2)cc(=O)[nH]1. The summed E-state index contributed by atoms with van der Waals surface area (Å²) >= 11 is 0. The molecule has 0 bridgehead atoms. The van der Waals surface area contributed by atoms with Gasteiger partial charge in [0.15, 0.2) is 0 Å². The Labute approximate surface area is 119 Å². The topological polar surface area (TPSA) is 45.8 Å². The van der Waals surface area contributed by atoms with Crippen LogP contribution in [0.25, 0.3) is 11.3 Å². The van der Waals surface area contributed by atoms with Crippen molar-refractivity contribution < 1.29 is 0 Å². The average molecular weight is 268 g/mol. The Hall–Kier alpha value is -1.90. The van der Waals surface area contributed by atoms with E-state index in [2.05, 4.69) is 35.1 Å². The van der Waals surface area contributed by atoms with Crippen molar-refractivity contribution in [3.8, 4) is 11.3 Å². The number of aryl methyl sites for hydroxylation is 1. The van der Waals surface area contributed by atoms with Gasteiger partial charge in [-0.15, -0.1) is 0 Å². The van der Waals surface area contributed by atoms with Crippen molar-refractivity contribution in [1.82, 2.24) is 9.97 Å². The maximum Gasteiger partial charge on any atom is 0.251 e. The molecule has 1 aliphatic rings. The predicted molar refractivity (Wildman–Crippen MR) is 80.9 cm³/mol. The molecule has 3 rings (SSSR count). The number of aromatic nitrogens is 2. The summed E-state index contributed by atoms with van der Waals surface area (Å²) in [6, 6.07) is 10.1. The molecule has 0 unspecified atom stereocenters. The third-order valence-electron chi connectivity index (χ3n) is 4.04. The van der Waals surface area contributed by atoms with Crippen LogP contribution in [0, 0.1) is 0 Å². The summed E-state index contributed by atoms with van der Waals surface area (Å²) in [5.41, 5.74) is 3.16. The van der Waals surface area contributed by atoms with Crippen LogP contribution in [0.1, 0.15) is 49.9 Å². The molecule has 1 N–H and O–H groups in total. The van der Waals surface area contributed by atoms with Crippen LogP contribution in [0.4, 0.5) is 0 Å². The minimum Gasteiger partial charge on any atom is -0.311 e. The number of H-pyrrole nitrogens is 1. The van der Waals surface area contributed by atoms with E-state index in [1.54, 1.807) is 6.07 Å². The van der Waals surface area contributed by atoms with Gasteiger partial charge in [-0.05, 0) is 36.8 Å². The van der Waals surface area contributed by atoms with E-state index < -0.39 is 0 Å². The van der Waals surface area contributed by atoms with Gasteiger partial charge >= 0.3 is 0 Å². The first-order chi connectivity index (χ1) is 9.76. The second-order valence-electron chi connectivity index (χ2n) is 5.58. The maximum absolute atomic E-state index is 11.7. The van der Waals surface area contributed by atoms with Gasteiger partial charge in [0.2, 0.25) is 0 Å². The number of aromatic amines is 1. The second-order valence-corrected chi connectivity index (χ2v) is 5.58. The van der Waals surface area contributed by atoms with Gasteiger partial charge in [-0.25, -0.2) is 4.98 Å². The molecule has 0 aliphatic heterocycles. The van der Waals surface area contributed by atoms with E-state index in [-0.39, 0.29) is 5.56 Å². The number of benzene rings is 1. The first-order valence-corrected chi connectivity index (χ1v) is 7.47. The molecule has 0 spiro atoms. The van der Waals surface area contributed by atoms with Crippen molar-refractivity contribution in [1.29, 1.82) is 0 Å². The molecule has 1 saturated carbocycles. The number of hydrogen-bond acceptors (Lipinski definition) is 2. The summed E-state index contributed by atoms with van der Waals surface area (Å²) in [5, 5.41) is 0. The molecule has 104 valence electrons. The molecule has 1 heterocycles. The van der Waals surface area contributed by atoms with Crippen molar-refractivity contribution in [2.75, 3.05) is 0 Å². The molecule has 0 atom stereocenters. The molecular weight excluding hydrogens is 248 g/mol. The van der Waals surface area contributed by atoms with Crippen LogP contribution in [0.2, 0.25) is 0 Å². The van der Waals surface area contributed by atoms with Gasteiger partial charge in [-0.1, -0.05) is 31.5 Å². The lowest BCUT2D eigenvalue weighted by atomic mass is 9.79. The van der Waals surface area contributed by atoms with E-state index in [0.29, 0.717) is 5.92 Å². The van der Waals surface area contributed by atoms with E-state index in [4.69, 9.17) is 0 Å². The Morgan fingerprint density at radius 2 is 2.15 bits per heavy atom. The first kappa shape index (κ1) is 13.1. The summed E-state index contributed by atoms with van der Waals surface area (Å²) in [5.74, 6) is 1.48. The number of hydrogen-bond donors (Lipinski definition) is 1. The molecule has 2 aromatic rings. The molecule has 3 heteroatoms. The minimum atomic E-state index is -0.0625. The number of nitrogens with zero attached hydrogens (tertiary/aromatic N) is 1. The molecule has 1 aromatic heterocycles. The Morgan fingerprint density at radius 3 is 2.85 bits per heavy atom. The van der Waals surface area contributed by atoms with Crippen LogP contribution in [-0.4, -0.2) is 9.97 Å². The third kappa shape index (κ3) is 2.67. The van der Waals surface area contributed by atoms with Gasteiger partial charge < -0.3 is 4.98 Å². The average Bonchev–Trinajstić information content (AvgIpc) is 2.37. The zero-order valence-electron chi connectivity index (χ0n) is 11.9. The summed E-state index contributed by atoms with van der Waals surface area (Å²) in [7, 11) is 0. The van der Waals surface area contributed by atoms with E-state index in [9.17, 15) is 4.79 Å². The fraction of sp³-hybridized carbons (Fsp3) is 0.412. The molecule has 3 nitrogen and oxygen atoms in total. The molecule has 1 aromatic carbocycles. The van der Waals surface area contributed by atoms with Crippen molar-refractivity contribution in [3.05, 3.63) is 52.1 Å². The van der Waals surface area contributed by atoms with E-state index in [0.717, 1.165) is 29.9 Å². The lowest BCUT2D eigenvalue weighted by Gasteiger charge is -2.26. The highest BCUT2D eigenvalue weighted by molar-refractivity contribution is 5.60. The van der Waals surface area contributed by atoms with Crippen molar-refractivity contribution in [2.45, 2.75) is 44.9 Å². The van der Waals surface area contributed by atoms with Crippen molar-refractivity contribution in [3.63, 3.8) is 0 Å². The Balaban J connectivity index is 1.97. The summed E-state index contributed by atoms with van der Waals surface area (Å²) in [6.45, 7) is 2.09. The second kappa shape index (κ2) is 5.61. The lowest BCUT2D eigenvalue weighted by Crippen LogP contribution is -2.11. The standard InChI is InChI=1S/C17H20N2O/c1-2-5-16-18-15(11-17(20)19-16)14-9-4-8-13(10-14)12-6-3-7-12/h4,8-12H,2-3,5-7H2,1H3,(H,18,19,20). The summed E-state index contributed by atoms with van der Waals surface area (Å²) in [4.78, 5) is 19.1. The van der Waals surface area contributed by atoms with Gasteiger partial charge in [0, 0.05) is 18.1 Å². The maximum atomic E-state index is 11.7. The van der Waals surface area contributed by atoms with Crippen LogP contribution in [0.15, 0.2) is 35.1 Å². The van der Waals surface area contributed by atoms with Gasteiger partial charge in [-0.2, -0.15) is 0 Å². The highest BCUT2D eigenvalue weighted by atomic mass is 16.1. The molecule has 1 aliphatic carbocycles. The molecule has 0 saturated heterocycles. The number of rotatable bonds is 4. The normalized spacial score (nSPS) is 15.1. The summed E-state index contributed by atoms with van der Waals surface area (Å²) < 4.78 is 0. The van der Waals surface area contributed by atoms with E-state index in [1.165, 1.54) is 24.8 Å². The Kier molecular flexibility index (Phi) is 3.68.